The first-order chi connectivity index (χ1) is 16.3. The average molecular weight is 454 g/mol. The number of methoxy groups -OCH3 is 1. The van der Waals surface area contributed by atoms with E-state index in [4.69, 9.17) is 9.72 Å². The predicted octanol–water partition coefficient (Wildman–Crippen LogP) is 6.32. The number of hydrogen-bond donors (Lipinski definition) is 1. The van der Waals surface area contributed by atoms with Crippen molar-refractivity contribution in [2.75, 3.05) is 13.7 Å². The molecule has 1 saturated heterocycles. The summed E-state index contributed by atoms with van der Waals surface area (Å²) in [7, 11) is 1.66. The number of carbonyl (C=O) groups excluding carboxylic acids is 1. The molecule has 1 unspecified atom stereocenters. The molecular formula is C29H31N3O2. The summed E-state index contributed by atoms with van der Waals surface area (Å²) >= 11 is 0. The summed E-state index contributed by atoms with van der Waals surface area (Å²) in [5, 5.41) is 0. The van der Waals surface area contributed by atoms with Crippen molar-refractivity contribution in [2.24, 2.45) is 0 Å². The molecule has 5 heteroatoms. The van der Waals surface area contributed by atoms with E-state index in [2.05, 4.69) is 44.0 Å². The molecule has 1 atom stereocenters. The molecule has 1 aliphatic heterocycles. The molecule has 1 aliphatic rings. The second kappa shape index (κ2) is 8.32. The van der Waals surface area contributed by atoms with E-state index in [0.717, 1.165) is 52.1 Å². The molecule has 0 spiro atoms. The second-order valence-corrected chi connectivity index (χ2v) is 9.65. The Bertz CT molecular complexity index is 1370. The van der Waals surface area contributed by atoms with Crippen molar-refractivity contribution < 1.29 is 9.53 Å². The van der Waals surface area contributed by atoms with Gasteiger partial charge in [0.1, 0.15) is 11.6 Å². The van der Waals surface area contributed by atoms with Crippen LogP contribution in [0.15, 0.2) is 54.6 Å². The predicted molar refractivity (Wildman–Crippen MR) is 136 cm³/mol. The highest BCUT2D eigenvalue weighted by Crippen LogP contribution is 2.40. The molecule has 1 amide bonds. The van der Waals surface area contributed by atoms with Crippen molar-refractivity contribution in [3.05, 3.63) is 82.7 Å². The maximum Gasteiger partial charge on any atom is 0.255 e. The number of aromatic amines is 1. The van der Waals surface area contributed by atoms with Crippen LogP contribution in [0.4, 0.5) is 0 Å². The molecule has 5 rings (SSSR count). The quantitative estimate of drug-likeness (QED) is 0.394. The number of nitrogens with zero attached hydrogens (tertiary/aromatic N) is 2. The molecule has 2 heterocycles. The van der Waals surface area contributed by atoms with E-state index >= 15 is 0 Å². The fourth-order valence-electron chi connectivity index (χ4n) is 5.08. The lowest BCUT2D eigenvalue weighted by Crippen LogP contribution is -2.43. The number of benzene rings is 3. The lowest BCUT2D eigenvalue weighted by Gasteiger charge is -2.34. The Morgan fingerprint density at radius 2 is 1.85 bits per heavy atom. The van der Waals surface area contributed by atoms with Gasteiger partial charge in [-0.2, -0.15) is 0 Å². The molecular weight excluding hydrogens is 422 g/mol. The third kappa shape index (κ3) is 3.65. The molecule has 1 N–H and O–H groups in total. The van der Waals surface area contributed by atoms with E-state index in [-0.39, 0.29) is 5.91 Å². The van der Waals surface area contributed by atoms with Gasteiger partial charge in [0.25, 0.3) is 5.91 Å². The molecule has 34 heavy (non-hydrogen) atoms. The number of aromatic nitrogens is 2. The van der Waals surface area contributed by atoms with Gasteiger partial charge in [-0.05, 0) is 93.1 Å². The summed E-state index contributed by atoms with van der Waals surface area (Å²) in [4.78, 5) is 24.6. The Balaban J connectivity index is 1.58. The Labute approximate surface area is 200 Å². The fraction of sp³-hybridized carbons (Fsp3) is 0.310. The number of carbonyl (C=O) groups is 1. The van der Waals surface area contributed by atoms with Crippen molar-refractivity contribution in [1.29, 1.82) is 0 Å². The SMILES string of the molecule is COc1cccc(-c2ccc(C)cc2C(=O)N2CCCC2(C)c2nc3cc(C)c(C)cc3[nH]2)c1. The molecule has 1 aromatic heterocycles. The van der Waals surface area contributed by atoms with Gasteiger partial charge in [-0.25, -0.2) is 4.98 Å². The molecule has 3 aromatic carbocycles. The normalized spacial score (nSPS) is 18.0. The molecule has 4 aromatic rings. The number of amides is 1. The van der Waals surface area contributed by atoms with Gasteiger partial charge in [0.05, 0.1) is 23.7 Å². The molecule has 0 aliphatic carbocycles. The van der Waals surface area contributed by atoms with Gasteiger partial charge in [-0.15, -0.1) is 0 Å². The van der Waals surface area contributed by atoms with Crippen LogP contribution in [0.2, 0.25) is 0 Å². The number of fused-ring (bicyclic) bond motifs is 1. The van der Waals surface area contributed by atoms with Gasteiger partial charge in [0.2, 0.25) is 0 Å². The molecule has 0 bridgehead atoms. The van der Waals surface area contributed by atoms with Crippen LogP contribution in [-0.2, 0) is 5.54 Å². The van der Waals surface area contributed by atoms with E-state index in [0.29, 0.717) is 12.1 Å². The highest BCUT2D eigenvalue weighted by atomic mass is 16.5. The van der Waals surface area contributed by atoms with E-state index in [1.54, 1.807) is 7.11 Å². The first-order valence-corrected chi connectivity index (χ1v) is 11.8. The minimum Gasteiger partial charge on any atom is -0.497 e. The van der Waals surface area contributed by atoms with Gasteiger partial charge in [0, 0.05) is 12.1 Å². The monoisotopic (exact) mass is 453 g/mol. The zero-order chi connectivity index (χ0) is 24.0. The van der Waals surface area contributed by atoms with E-state index in [9.17, 15) is 4.79 Å². The van der Waals surface area contributed by atoms with Gasteiger partial charge in [-0.1, -0.05) is 29.8 Å². The topological polar surface area (TPSA) is 58.2 Å². The smallest absolute Gasteiger partial charge is 0.255 e. The molecule has 0 radical (unpaired) electrons. The minimum atomic E-state index is -0.493. The zero-order valence-corrected chi connectivity index (χ0v) is 20.5. The summed E-state index contributed by atoms with van der Waals surface area (Å²) < 4.78 is 5.43. The standard InChI is InChI=1S/C29H31N3O2/c1-18-10-11-23(21-8-6-9-22(17-21)34-5)24(14-18)27(33)32-13-7-12-29(32,4)28-30-25-15-19(2)20(3)16-26(25)31-28/h6,8-11,14-17H,7,12-13H2,1-5H3,(H,30,31). The third-order valence-corrected chi connectivity index (χ3v) is 7.28. The molecule has 174 valence electrons. The first-order valence-electron chi connectivity index (χ1n) is 11.8. The Hall–Kier alpha value is -3.60. The van der Waals surface area contributed by atoms with E-state index in [1.165, 1.54) is 11.1 Å². The number of H-pyrrole nitrogens is 1. The zero-order valence-electron chi connectivity index (χ0n) is 20.5. The van der Waals surface area contributed by atoms with Crippen LogP contribution in [0, 0.1) is 20.8 Å². The van der Waals surface area contributed by atoms with Crippen LogP contribution in [-0.4, -0.2) is 34.4 Å². The third-order valence-electron chi connectivity index (χ3n) is 7.28. The number of nitrogens with one attached hydrogen (secondary N) is 1. The summed E-state index contributed by atoms with van der Waals surface area (Å²) in [5.41, 5.74) is 7.59. The number of hydrogen-bond acceptors (Lipinski definition) is 3. The maximum atomic E-state index is 14.1. The second-order valence-electron chi connectivity index (χ2n) is 9.65. The summed E-state index contributed by atoms with van der Waals surface area (Å²) in [6.07, 6.45) is 1.81. The Morgan fingerprint density at radius 3 is 2.65 bits per heavy atom. The highest BCUT2D eigenvalue weighted by molar-refractivity contribution is 6.01. The van der Waals surface area contributed by atoms with E-state index < -0.39 is 5.54 Å². The molecule has 5 nitrogen and oxygen atoms in total. The van der Waals surface area contributed by atoms with Crippen molar-refractivity contribution in [1.82, 2.24) is 14.9 Å². The van der Waals surface area contributed by atoms with E-state index in [1.807, 2.05) is 48.2 Å². The number of likely N-dealkylation sites (tertiary alicyclic amines) is 1. The van der Waals surface area contributed by atoms with Gasteiger partial charge in [0.15, 0.2) is 0 Å². The largest absolute Gasteiger partial charge is 0.497 e. The Kier molecular flexibility index (Phi) is 5.43. The summed E-state index contributed by atoms with van der Waals surface area (Å²) in [6.45, 7) is 9.08. The van der Waals surface area contributed by atoms with Gasteiger partial charge >= 0.3 is 0 Å². The Morgan fingerprint density at radius 1 is 1.06 bits per heavy atom. The van der Waals surface area contributed by atoms with Crippen molar-refractivity contribution >= 4 is 16.9 Å². The lowest BCUT2D eigenvalue weighted by atomic mass is 9.94. The highest BCUT2D eigenvalue weighted by Gasteiger charge is 2.44. The number of aryl methyl sites for hydroxylation is 3. The van der Waals surface area contributed by atoms with Gasteiger partial charge < -0.3 is 14.6 Å². The first kappa shape index (κ1) is 22.2. The van der Waals surface area contributed by atoms with Crippen LogP contribution in [0.1, 0.15) is 52.6 Å². The lowest BCUT2D eigenvalue weighted by molar-refractivity contribution is 0.0606. The van der Waals surface area contributed by atoms with Crippen molar-refractivity contribution in [3.8, 4) is 16.9 Å². The number of rotatable bonds is 4. The summed E-state index contributed by atoms with van der Waals surface area (Å²) in [5.74, 6) is 1.67. The van der Waals surface area contributed by atoms with Gasteiger partial charge in [-0.3, -0.25) is 4.79 Å². The van der Waals surface area contributed by atoms with Crippen LogP contribution in [0.5, 0.6) is 5.75 Å². The minimum absolute atomic E-state index is 0.0364. The average Bonchev–Trinajstić information content (AvgIpc) is 3.43. The fourth-order valence-corrected chi connectivity index (χ4v) is 5.08. The number of imidazole rings is 1. The van der Waals surface area contributed by atoms with Crippen LogP contribution in [0.25, 0.3) is 22.2 Å². The summed E-state index contributed by atoms with van der Waals surface area (Å²) in [6, 6.07) is 18.2. The maximum absolute atomic E-state index is 14.1. The van der Waals surface area contributed by atoms with Crippen molar-refractivity contribution in [2.45, 2.75) is 46.1 Å². The van der Waals surface area contributed by atoms with Crippen molar-refractivity contribution in [3.63, 3.8) is 0 Å². The van der Waals surface area contributed by atoms with Crippen LogP contribution in [0.3, 0.4) is 0 Å². The molecule has 0 saturated carbocycles. The van der Waals surface area contributed by atoms with Crippen LogP contribution < -0.4 is 4.74 Å². The molecule has 1 fully saturated rings. The van der Waals surface area contributed by atoms with Crippen LogP contribution >= 0.6 is 0 Å². The number of ether oxygens (including phenoxy) is 1.